The maximum atomic E-state index is 10.8. The molecular weight excluding hydrogens is 291 g/mol. The van der Waals surface area contributed by atoms with Crippen LogP contribution in [0.15, 0.2) is 0 Å². The summed E-state index contributed by atoms with van der Waals surface area (Å²) >= 11 is 0. The topological polar surface area (TPSA) is 63.6 Å². The Bertz CT molecular complexity index is 223. The molecule has 0 heterocycles. The molecule has 0 rings (SSSR count). The molecule has 19 heavy (non-hydrogen) atoms. The minimum Gasteiger partial charge on any atom is -0.481 e. The molecule has 4 nitrogen and oxygen atoms in total. The van der Waals surface area contributed by atoms with E-state index in [1.165, 1.54) is 13.5 Å². The van der Waals surface area contributed by atoms with Gasteiger partial charge in [-0.15, -0.1) is 24.8 Å². The number of carbonyl (C=O) groups excluding carboxylic acids is 1. The van der Waals surface area contributed by atoms with Crippen molar-refractivity contribution in [3.8, 4) is 0 Å². The quantitative estimate of drug-likeness (QED) is 0.462. The second kappa shape index (κ2) is 17.5. The van der Waals surface area contributed by atoms with E-state index in [4.69, 9.17) is 5.11 Å². The number of hydrogen-bond acceptors (Lipinski definition) is 3. The highest BCUT2D eigenvalue weighted by molar-refractivity contribution is 5.85. The van der Waals surface area contributed by atoms with Crippen LogP contribution in [0.2, 0.25) is 0 Å². The van der Waals surface area contributed by atoms with Crippen LogP contribution in [0.3, 0.4) is 0 Å². The number of unbranched alkanes of at least 4 members (excludes halogenated alkanes) is 7. The fourth-order valence-electron chi connectivity index (χ4n) is 1.71. The van der Waals surface area contributed by atoms with Crippen LogP contribution >= 0.6 is 24.8 Å². The molecule has 0 atom stereocenters. The van der Waals surface area contributed by atoms with Crippen molar-refractivity contribution in [2.45, 2.75) is 64.2 Å². The molecule has 6 heteroatoms. The molecular formula is C13H26Cl2O4. The monoisotopic (exact) mass is 316 g/mol. The first-order valence-electron chi connectivity index (χ1n) is 6.45. The van der Waals surface area contributed by atoms with Crippen LogP contribution in [0.5, 0.6) is 0 Å². The lowest BCUT2D eigenvalue weighted by Crippen LogP contribution is -1.99. The second-order valence-corrected chi connectivity index (χ2v) is 4.30. The third-order valence-electron chi connectivity index (χ3n) is 2.75. The maximum absolute atomic E-state index is 10.8. The Balaban J connectivity index is -0.00000128. The largest absolute Gasteiger partial charge is 0.481 e. The van der Waals surface area contributed by atoms with Crippen molar-refractivity contribution in [1.29, 1.82) is 0 Å². The minimum absolute atomic E-state index is 0. The van der Waals surface area contributed by atoms with Crippen LogP contribution in [-0.4, -0.2) is 24.2 Å². The minimum atomic E-state index is -0.701. The number of carboxylic acid groups (broad SMARTS) is 1. The summed E-state index contributed by atoms with van der Waals surface area (Å²) in [5, 5.41) is 8.44. The Morgan fingerprint density at radius 1 is 0.789 bits per heavy atom. The summed E-state index contributed by atoms with van der Waals surface area (Å²) in [5.41, 5.74) is 0. The second-order valence-electron chi connectivity index (χ2n) is 4.30. The Kier molecular flexibility index (Phi) is 21.8. The standard InChI is InChI=1S/C13H24O4.2ClH/c1-17-13(16)11-9-7-5-3-2-4-6-8-10-12(14)15;;/h2-11H2,1H3,(H,14,15);2*1H. The van der Waals surface area contributed by atoms with Crippen LogP contribution in [-0.2, 0) is 14.3 Å². The highest BCUT2D eigenvalue weighted by Gasteiger charge is 1.99. The number of carbonyl (C=O) groups is 2. The van der Waals surface area contributed by atoms with E-state index in [9.17, 15) is 9.59 Å². The van der Waals surface area contributed by atoms with Gasteiger partial charge in [-0.3, -0.25) is 9.59 Å². The summed E-state index contributed by atoms with van der Waals surface area (Å²) in [5.74, 6) is -0.827. The first-order chi connectivity index (χ1) is 8.16. The van der Waals surface area contributed by atoms with Gasteiger partial charge in [0.25, 0.3) is 0 Å². The van der Waals surface area contributed by atoms with Gasteiger partial charge >= 0.3 is 11.9 Å². The molecule has 1 N–H and O–H groups in total. The SMILES string of the molecule is COC(=O)CCCCCCCCCCC(=O)O.Cl.Cl. The molecule has 0 aromatic heterocycles. The molecule has 0 saturated carbocycles. The van der Waals surface area contributed by atoms with Gasteiger partial charge in [0.1, 0.15) is 0 Å². The van der Waals surface area contributed by atoms with E-state index >= 15 is 0 Å². The third kappa shape index (κ3) is 20.0. The third-order valence-corrected chi connectivity index (χ3v) is 2.75. The van der Waals surface area contributed by atoms with Gasteiger partial charge in [0, 0.05) is 12.8 Å². The lowest BCUT2D eigenvalue weighted by molar-refractivity contribution is -0.141. The summed E-state index contributed by atoms with van der Waals surface area (Å²) in [6.45, 7) is 0. The van der Waals surface area contributed by atoms with Gasteiger partial charge in [-0.1, -0.05) is 38.5 Å². The first kappa shape index (κ1) is 23.6. The zero-order valence-corrected chi connectivity index (χ0v) is 13.2. The zero-order chi connectivity index (χ0) is 12.9. The normalized spacial score (nSPS) is 9.11. The molecule has 0 aliphatic carbocycles. The lowest BCUT2D eigenvalue weighted by atomic mass is 10.1. The molecule has 0 saturated heterocycles. The van der Waals surface area contributed by atoms with Crippen molar-refractivity contribution < 1.29 is 19.4 Å². The summed E-state index contributed by atoms with van der Waals surface area (Å²) in [6, 6.07) is 0. The predicted octanol–water partition coefficient (Wildman–Crippen LogP) is 3.99. The molecule has 0 spiro atoms. The zero-order valence-electron chi connectivity index (χ0n) is 11.6. The van der Waals surface area contributed by atoms with Crippen molar-refractivity contribution in [3.05, 3.63) is 0 Å². The number of halogens is 2. The molecule has 0 radical (unpaired) electrons. The number of ether oxygens (including phenoxy) is 1. The average molecular weight is 317 g/mol. The van der Waals surface area contributed by atoms with Gasteiger partial charge in [0.15, 0.2) is 0 Å². The van der Waals surface area contributed by atoms with Gasteiger partial charge in [-0.2, -0.15) is 0 Å². The molecule has 0 aromatic rings. The molecule has 0 aromatic carbocycles. The van der Waals surface area contributed by atoms with Gasteiger partial charge in [-0.05, 0) is 12.8 Å². The predicted molar refractivity (Wildman–Crippen MR) is 80.3 cm³/mol. The maximum Gasteiger partial charge on any atom is 0.305 e. The molecule has 0 aliphatic rings. The fourth-order valence-corrected chi connectivity index (χ4v) is 1.71. The number of methoxy groups -OCH3 is 1. The van der Waals surface area contributed by atoms with Crippen LogP contribution < -0.4 is 0 Å². The van der Waals surface area contributed by atoms with Gasteiger partial charge in [0.2, 0.25) is 0 Å². The van der Waals surface area contributed by atoms with Crippen molar-refractivity contribution in [2.75, 3.05) is 7.11 Å². The smallest absolute Gasteiger partial charge is 0.305 e. The van der Waals surface area contributed by atoms with E-state index in [0.717, 1.165) is 44.9 Å². The van der Waals surface area contributed by atoms with Crippen LogP contribution in [0.4, 0.5) is 0 Å². The summed E-state index contributed by atoms with van der Waals surface area (Å²) in [4.78, 5) is 21.1. The van der Waals surface area contributed by atoms with E-state index < -0.39 is 5.97 Å². The van der Waals surface area contributed by atoms with E-state index in [1.807, 2.05) is 0 Å². The molecule has 116 valence electrons. The number of rotatable bonds is 11. The number of carboxylic acids is 1. The Hall–Kier alpha value is -0.480. The Morgan fingerprint density at radius 2 is 1.16 bits per heavy atom. The summed E-state index contributed by atoms with van der Waals surface area (Å²) in [6.07, 6.45) is 9.20. The summed E-state index contributed by atoms with van der Waals surface area (Å²) < 4.78 is 4.55. The lowest BCUT2D eigenvalue weighted by Gasteiger charge is -2.01. The van der Waals surface area contributed by atoms with Crippen molar-refractivity contribution >= 4 is 36.8 Å². The highest BCUT2D eigenvalue weighted by atomic mass is 35.5. The van der Waals surface area contributed by atoms with Crippen LogP contribution in [0, 0.1) is 0 Å². The van der Waals surface area contributed by atoms with Crippen molar-refractivity contribution in [1.82, 2.24) is 0 Å². The number of aliphatic carboxylic acids is 1. The molecule has 0 bridgehead atoms. The van der Waals surface area contributed by atoms with E-state index in [1.54, 1.807) is 0 Å². The van der Waals surface area contributed by atoms with Gasteiger partial charge in [0.05, 0.1) is 7.11 Å². The molecule has 0 aliphatic heterocycles. The molecule has 0 amide bonds. The Morgan fingerprint density at radius 3 is 1.53 bits per heavy atom. The van der Waals surface area contributed by atoms with Crippen LogP contribution in [0.1, 0.15) is 64.2 Å². The van der Waals surface area contributed by atoms with Crippen LogP contribution in [0.25, 0.3) is 0 Å². The first-order valence-corrected chi connectivity index (χ1v) is 6.45. The Labute approximate surface area is 128 Å². The number of esters is 1. The van der Waals surface area contributed by atoms with Gasteiger partial charge in [-0.25, -0.2) is 0 Å². The average Bonchev–Trinajstić information content (AvgIpc) is 2.30. The van der Waals surface area contributed by atoms with Gasteiger partial charge < -0.3 is 9.84 Å². The fraction of sp³-hybridized carbons (Fsp3) is 0.846. The van der Waals surface area contributed by atoms with E-state index in [2.05, 4.69) is 4.74 Å². The van der Waals surface area contributed by atoms with Crippen molar-refractivity contribution in [2.24, 2.45) is 0 Å². The van der Waals surface area contributed by atoms with E-state index in [-0.39, 0.29) is 30.8 Å². The highest BCUT2D eigenvalue weighted by Crippen LogP contribution is 2.10. The van der Waals surface area contributed by atoms with Crippen molar-refractivity contribution in [3.63, 3.8) is 0 Å². The van der Waals surface area contributed by atoms with E-state index in [0.29, 0.717) is 12.8 Å². The molecule has 0 unspecified atom stereocenters. The number of hydrogen-bond donors (Lipinski definition) is 1. The molecule has 0 fully saturated rings. The summed E-state index contributed by atoms with van der Waals surface area (Å²) in [7, 11) is 1.42.